The number of esters is 1. The second-order valence-electron chi connectivity index (χ2n) is 2.47. The first-order valence-electron chi connectivity index (χ1n) is 3.82. The van der Waals surface area contributed by atoms with E-state index < -0.39 is 5.97 Å². The zero-order chi connectivity index (χ0) is 10.6. The lowest BCUT2D eigenvalue weighted by Crippen LogP contribution is -2.01. The number of nitroso groups, excluding NO2 is 1. The summed E-state index contributed by atoms with van der Waals surface area (Å²) in [7, 11) is 2.70. The van der Waals surface area contributed by atoms with Crippen molar-refractivity contribution in [1.29, 1.82) is 0 Å². The van der Waals surface area contributed by atoms with Gasteiger partial charge in [0, 0.05) is 6.07 Å². The minimum Gasteiger partial charge on any atom is -0.497 e. The number of rotatable bonds is 3. The predicted molar refractivity (Wildman–Crippen MR) is 49.8 cm³/mol. The van der Waals surface area contributed by atoms with Crippen LogP contribution >= 0.6 is 0 Å². The summed E-state index contributed by atoms with van der Waals surface area (Å²) in [5, 5.41) is 2.72. The van der Waals surface area contributed by atoms with E-state index in [0.717, 1.165) is 0 Å². The Balaban J connectivity index is 3.17. The van der Waals surface area contributed by atoms with Gasteiger partial charge >= 0.3 is 5.97 Å². The summed E-state index contributed by atoms with van der Waals surface area (Å²) < 4.78 is 9.35. The molecule has 0 aliphatic rings. The number of hydrogen-bond donors (Lipinski definition) is 0. The summed E-state index contributed by atoms with van der Waals surface area (Å²) >= 11 is 0. The van der Waals surface area contributed by atoms with Gasteiger partial charge in [0.05, 0.1) is 19.8 Å². The van der Waals surface area contributed by atoms with Crippen molar-refractivity contribution in [2.45, 2.75) is 0 Å². The second kappa shape index (κ2) is 4.36. The number of ether oxygens (including phenoxy) is 2. The zero-order valence-electron chi connectivity index (χ0n) is 7.81. The van der Waals surface area contributed by atoms with Gasteiger partial charge in [-0.25, -0.2) is 4.79 Å². The average molecular weight is 195 g/mol. The molecule has 74 valence electrons. The minimum absolute atomic E-state index is 0.0104. The van der Waals surface area contributed by atoms with Gasteiger partial charge in [-0.2, -0.15) is 0 Å². The fourth-order valence-corrected chi connectivity index (χ4v) is 0.997. The van der Waals surface area contributed by atoms with Gasteiger partial charge in [-0.05, 0) is 17.3 Å². The first-order valence-corrected chi connectivity index (χ1v) is 3.82. The zero-order valence-corrected chi connectivity index (χ0v) is 7.81. The van der Waals surface area contributed by atoms with Gasteiger partial charge in [0.25, 0.3) is 0 Å². The smallest absolute Gasteiger partial charge is 0.340 e. The quantitative estimate of drug-likeness (QED) is 0.545. The summed E-state index contributed by atoms with van der Waals surface area (Å²) in [6.07, 6.45) is 0. The average Bonchev–Trinajstić information content (AvgIpc) is 2.27. The van der Waals surface area contributed by atoms with Crippen LogP contribution in [0.3, 0.4) is 0 Å². The van der Waals surface area contributed by atoms with Crippen LogP contribution in [0.1, 0.15) is 10.4 Å². The third kappa shape index (κ3) is 1.87. The fourth-order valence-electron chi connectivity index (χ4n) is 0.997. The Labute approximate surface area is 80.6 Å². The van der Waals surface area contributed by atoms with E-state index in [2.05, 4.69) is 9.91 Å². The van der Waals surface area contributed by atoms with Crippen LogP contribution in [0.5, 0.6) is 5.75 Å². The van der Waals surface area contributed by atoms with Crippen molar-refractivity contribution in [2.75, 3.05) is 14.2 Å². The molecule has 0 saturated carbocycles. The largest absolute Gasteiger partial charge is 0.497 e. The molecule has 0 radical (unpaired) electrons. The molecule has 14 heavy (non-hydrogen) atoms. The Hall–Kier alpha value is -1.91. The van der Waals surface area contributed by atoms with Gasteiger partial charge in [0.1, 0.15) is 11.4 Å². The molecule has 0 saturated heterocycles. The highest BCUT2D eigenvalue weighted by Gasteiger charge is 2.12. The van der Waals surface area contributed by atoms with E-state index in [1.54, 1.807) is 6.07 Å². The Morgan fingerprint density at radius 1 is 1.36 bits per heavy atom. The van der Waals surface area contributed by atoms with Gasteiger partial charge < -0.3 is 9.47 Å². The number of hydrogen-bond acceptors (Lipinski definition) is 5. The lowest BCUT2D eigenvalue weighted by Gasteiger charge is -2.03. The molecule has 0 atom stereocenters. The number of nitrogens with zero attached hydrogens (tertiary/aromatic N) is 1. The summed E-state index contributed by atoms with van der Waals surface area (Å²) in [5.41, 5.74) is 0.138. The van der Waals surface area contributed by atoms with Crippen molar-refractivity contribution in [3.8, 4) is 5.75 Å². The van der Waals surface area contributed by atoms with Crippen LogP contribution in [0, 0.1) is 4.91 Å². The molecule has 0 aromatic heterocycles. The van der Waals surface area contributed by atoms with Crippen LogP contribution < -0.4 is 4.74 Å². The molecule has 1 aromatic carbocycles. The molecule has 0 unspecified atom stereocenters. The molecule has 0 aliphatic carbocycles. The topological polar surface area (TPSA) is 65.0 Å². The predicted octanol–water partition coefficient (Wildman–Crippen LogP) is 1.88. The standard InChI is InChI=1S/C9H9NO4/c1-13-6-3-4-7(9(11)14-2)8(5-6)10-12/h3-5H,1-2H3. The monoisotopic (exact) mass is 195 g/mol. The Bertz CT molecular complexity index is 362. The van der Waals surface area contributed by atoms with Crippen LogP contribution in [-0.4, -0.2) is 20.2 Å². The Morgan fingerprint density at radius 2 is 2.07 bits per heavy atom. The molecular formula is C9H9NO4. The first-order chi connectivity index (χ1) is 6.72. The lowest BCUT2D eigenvalue weighted by molar-refractivity contribution is 0.0601. The summed E-state index contributed by atoms with van der Waals surface area (Å²) in [5.74, 6) is -0.130. The van der Waals surface area contributed by atoms with Crippen molar-refractivity contribution in [3.63, 3.8) is 0 Å². The van der Waals surface area contributed by atoms with Gasteiger partial charge in [-0.3, -0.25) is 0 Å². The van der Waals surface area contributed by atoms with Gasteiger partial charge in [0.15, 0.2) is 0 Å². The van der Waals surface area contributed by atoms with Crippen molar-refractivity contribution in [1.82, 2.24) is 0 Å². The van der Waals surface area contributed by atoms with E-state index in [0.29, 0.717) is 5.75 Å². The summed E-state index contributed by atoms with van der Waals surface area (Å²) in [6.45, 7) is 0. The molecule has 0 fully saturated rings. The maximum atomic E-state index is 11.1. The molecule has 5 nitrogen and oxygen atoms in total. The number of carbonyl (C=O) groups excluding carboxylic acids is 1. The SMILES string of the molecule is COC(=O)c1ccc(OC)cc1N=O. The summed E-state index contributed by atoms with van der Waals surface area (Å²) in [6, 6.07) is 4.36. The second-order valence-corrected chi connectivity index (χ2v) is 2.47. The molecule has 1 rings (SSSR count). The van der Waals surface area contributed by atoms with E-state index in [9.17, 15) is 9.70 Å². The van der Waals surface area contributed by atoms with E-state index in [1.165, 1.54) is 26.4 Å². The third-order valence-corrected chi connectivity index (χ3v) is 1.71. The van der Waals surface area contributed by atoms with Crippen molar-refractivity contribution in [2.24, 2.45) is 5.18 Å². The van der Waals surface area contributed by atoms with Gasteiger partial charge in [0.2, 0.25) is 0 Å². The molecule has 0 bridgehead atoms. The fraction of sp³-hybridized carbons (Fsp3) is 0.222. The molecule has 0 amide bonds. The molecular weight excluding hydrogens is 186 g/mol. The molecule has 5 heteroatoms. The van der Waals surface area contributed by atoms with Crippen LogP contribution in [0.15, 0.2) is 23.4 Å². The van der Waals surface area contributed by atoms with E-state index in [4.69, 9.17) is 4.74 Å². The van der Waals surface area contributed by atoms with Gasteiger partial charge in [-0.15, -0.1) is 4.91 Å². The summed E-state index contributed by atoms with van der Waals surface area (Å²) in [4.78, 5) is 21.5. The molecule has 0 spiro atoms. The van der Waals surface area contributed by atoms with Crippen molar-refractivity contribution in [3.05, 3.63) is 28.7 Å². The normalized spacial score (nSPS) is 9.29. The van der Waals surface area contributed by atoms with E-state index in [1.807, 2.05) is 0 Å². The minimum atomic E-state index is -0.595. The molecule has 0 heterocycles. The van der Waals surface area contributed by atoms with Crippen LogP contribution in [0.2, 0.25) is 0 Å². The van der Waals surface area contributed by atoms with E-state index >= 15 is 0 Å². The molecule has 1 aromatic rings. The Kier molecular flexibility index (Phi) is 3.17. The van der Waals surface area contributed by atoms with Gasteiger partial charge in [-0.1, -0.05) is 0 Å². The maximum Gasteiger partial charge on any atom is 0.340 e. The third-order valence-electron chi connectivity index (χ3n) is 1.71. The van der Waals surface area contributed by atoms with Crippen molar-refractivity contribution < 1.29 is 14.3 Å². The Morgan fingerprint density at radius 3 is 2.57 bits per heavy atom. The van der Waals surface area contributed by atoms with Crippen LogP contribution in [-0.2, 0) is 4.74 Å². The molecule has 0 aliphatic heterocycles. The highest BCUT2D eigenvalue weighted by Crippen LogP contribution is 2.25. The van der Waals surface area contributed by atoms with E-state index in [-0.39, 0.29) is 11.3 Å². The maximum absolute atomic E-state index is 11.1. The highest BCUT2D eigenvalue weighted by molar-refractivity contribution is 5.95. The number of methoxy groups -OCH3 is 2. The van der Waals surface area contributed by atoms with Crippen LogP contribution in [0.25, 0.3) is 0 Å². The van der Waals surface area contributed by atoms with Crippen LogP contribution in [0.4, 0.5) is 5.69 Å². The number of benzene rings is 1. The number of carbonyl (C=O) groups is 1. The lowest BCUT2D eigenvalue weighted by atomic mass is 10.2. The molecule has 0 N–H and O–H groups in total. The van der Waals surface area contributed by atoms with Crippen molar-refractivity contribution >= 4 is 11.7 Å². The first kappa shape index (κ1) is 10.2. The highest BCUT2D eigenvalue weighted by atomic mass is 16.5.